The van der Waals surface area contributed by atoms with Gasteiger partial charge in [0.05, 0.1) is 17.1 Å². The van der Waals surface area contributed by atoms with E-state index in [1.165, 1.54) is 16.7 Å². The van der Waals surface area contributed by atoms with Gasteiger partial charge < -0.3 is 9.26 Å². The fourth-order valence-electron chi connectivity index (χ4n) is 2.61. The van der Waals surface area contributed by atoms with E-state index in [-0.39, 0.29) is 18.6 Å². The summed E-state index contributed by atoms with van der Waals surface area (Å²) >= 11 is 5.87. The molecule has 1 aromatic carbocycles. The smallest absolute Gasteiger partial charge is 0.312 e. The summed E-state index contributed by atoms with van der Waals surface area (Å²) in [5, 5.41) is 5.09. The van der Waals surface area contributed by atoms with Crippen molar-refractivity contribution in [1.82, 2.24) is 14.5 Å². The second-order valence-electron chi connectivity index (χ2n) is 5.62. The zero-order valence-electron chi connectivity index (χ0n) is 13.4. The number of carbonyl (C=O) groups is 1. The number of nitrogens with zero attached hydrogens (tertiary/aromatic N) is 3. The van der Waals surface area contributed by atoms with Crippen LogP contribution < -0.4 is 5.56 Å². The molecule has 0 amide bonds. The van der Waals surface area contributed by atoms with Gasteiger partial charge >= 0.3 is 5.97 Å². The van der Waals surface area contributed by atoms with Gasteiger partial charge in [0.1, 0.15) is 17.9 Å². The third-order valence-electron chi connectivity index (χ3n) is 3.82. The van der Waals surface area contributed by atoms with Crippen LogP contribution in [0.15, 0.2) is 58.0 Å². The molecule has 0 radical (unpaired) electrons. The van der Waals surface area contributed by atoms with Crippen molar-refractivity contribution in [2.45, 2.75) is 13.0 Å². The normalized spacial score (nSPS) is 11.1. The molecule has 3 heterocycles. The number of para-hydroxylation sites is 1. The van der Waals surface area contributed by atoms with E-state index in [2.05, 4.69) is 10.1 Å². The molecule has 4 aromatic rings. The maximum Gasteiger partial charge on any atom is 0.312 e. The minimum Gasteiger partial charge on any atom is -0.459 e. The second kappa shape index (κ2) is 6.61. The van der Waals surface area contributed by atoms with E-state index in [0.29, 0.717) is 27.6 Å². The van der Waals surface area contributed by atoms with Gasteiger partial charge in [-0.2, -0.15) is 0 Å². The molecule has 0 spiro atoms. The van der Waals surface area contributed by atoms with E-state index >= 15 is 0 Å². The number of pyridine rings is 1. The summed E-state index contributed by atoms with van der Waals surface area (Å²) in [6.45, 7) is -0.108. The van der Waals surface area contributed by atoms with E-state index in [1.807, 2.05) is 18.2 Å². The lowest BCUT2D eigenvalue weighted by molar-refractivity contribution is -0.144. The van der Waals surface area contributed by atoms with Crippen molar-refractivity contribution in [1.29, 1.82) is 0 Å². The fourth-order valence-corrected chi connectivity index (χ4v) is 2.77. The van der Waals surface area contributed by atoms with Gasteiger partial charge in [-0.15, -0.1) is 0 Å². The van der Waals surface area contributed by atoms with Crippen LogP contribution in [0.3, 0.4) is 0 Å². The number of ether oxygens (including phenoxy) is 1. The van der Waals surface area contributed by atoms with Gasteiger partial charge in [0.2, 0.25) is 0 Å². The molecule has 8 heteroatoms. The summed E-state index contributed by atoms with van der Waals surface area (Å²) < 4.78 is 11.7. The number of esters is 1. The van der Waals surface area contributed by atoms with Crippen LogP contribution in [0.4, 0.5) is 0 Å². The van der Waals surface area contributed by atoms with Gasteiger partial charge in [-0.05, 0) is 24.3 Å². The third kappa shape index (κ3) is 3.16. The lowest BCUT2D eigenvalue weighted by atomic mass is 10.2. The number of rotatable bonds is 4. The highest BCUT2D eigenvalue weighted by atomic mass is 35.5. The van der Waals surface area contributed by atoms with Crippen molar-refractivity contribution in [2.75, 3.05) is 0 Å². The Labute approximate surface area is 151 Å². The molecule has 0 unspecified atom stereocenters. The summed E-state index contributed by atoms with van der Waals surface area (Å²) in [5.74, 6) is -0.484. The van der Waals surface area contributed by atoms with Crippen LogP contribution in [0.25, 0.3) is 16.6 Å². The first-order valence-corrected chi connectivity index (χ1v) is 8.15. The Morgan fingerprint density at radius 1 is 1.23 bits per heavy atom. The van der Waals surface area contributed by atoms with E-state index in [1.54, 1.807) is 18.2 Å². The largest absolute Gasteiger partial charge is 0.459 e. The van der Waals surface area contributed by atoms with Gasteiger partial charge in [-0.3, -0.25) is 14.0 Å². The van der Waals surface area contributed by atoms with Gasteiger partial charge in [0.15, 0.2) is 5.58 Å². The third-order valence-corrected chi connectivity index (χ3v) is 4.05. The molecule has 4 rings (SSSR count). The molecule has 0 saturated heterocycles. The van der Waals surface area contributed by atoms with Crippen molar-refractivity contribution < 1.29 is 14.1 Å². The van der Waals surface area contributed by atoms with Crippen molar-refractivity contribution in [3.63, 3.8) is 0 Å². The predicted octanol–water partition coefficient (Wildman–Crippen LogP) is 2.78. The highest BCUT2D eigenvalue weighted by molar-refractivity contribution is 6.30. The molecule has 0 aliphatic carbocycles. The molecule has 0 N–H and O–H groups in total. The van der Waals surface area contributed by atoms with Crippen LogP contribution in [0.5, 0.6) is 0 Å². The van der Waals surface area contributed by atoms with Gasteiger partial charge in [-0.1, -0.05) is 28.9 Å². The standard InChI is InChI=1S/C18H12ClN3O4/c19-11-5-6-16-20-12(7-17(23)22(16)9-11)10-25-18(24)8-14-13-3-1-2-4-15(13)26-21-14/h1-7,9H,8,10H2. The Hall–Kier alpha value is -3.19. The average molecular weight is 370 g/mol. The number of aromatic nitrogens is 3. The molecule has 0 aliphatic rings. The summed E-state index contributed by atoms with van der Waals surface area (Å²) in [6, 6.07) is 11.8. The summed E-state index contributed by atoms with van der Waals surface area (Å²) in [5.41, 5.74) is 1.60. The van der Waals surface area contributed by atoms with E-state index in [4.69, 9.17) is 20.9 Å². The molecule has 7 nitrogen and oxygen atoms in total. The van der Waals surface area contributed by atoms with Crippen LogP contribution in [0.1, 0.15) is 11.4 Å². The Morgan fingerprint density at radius 3 is 2.96 bits per heavy atom. The second-order valence-corrected chi connectivity index (χ2v) is 6.06. The molecule has 0 saturated carbocycles. The minimum atomic E-state index is -0.484. The number of benzene rings is 1. The van der Waals surface area contributed by atoms with E-state index in [9.17, 15) is 9.59 Å². The SMILES string of the molecule is O=C(Cc1noc2ccccc12)OCc1cc(=O)n2cc(Cl)ccc2n1. The topological polar surface area (TPSA) is 86.7 Å². The zero-order chi connectivity index (χ0) is 18.1. The molecule has 130 valence electrons. The zero-order valence-corrected chi connectivity index (χ0v) is 14.1. The Balaban J connectivity index is 1.48. The predicted molar refractivity (Wildman–Crippen MR) is 94.0 cm³/mol. The fraction of sp³-hybridized carbons (Fsp3) is 0.111. The molecular weight excluding hydrogens is 358 g/mol. The lowest BCUT2D eigenvalue weighted by Gasteiger charge is -2.05. The van der Waals surface area contributed by atoms with Crippen molar-refractivity contribution in [3.05, 3.63) is 75.4 Å². The van der Waals surface area contributed by atoms with Crippen LogP contribution in [0.2, 0.25) is 5.02 Å². The summed E-state index contributed by atoms with van der Waals surface area (Å²) in [7, 11) is 0. The van der Waals surface area contributed by atoms with E-state index in [0.717, 1.165) is 5.39 Å². The van der Waals surface area contributed by atoms with Crippen LogP contribution in [-0.4, -0.2) is 20.5 Å². The van der Waals surface area contributed by atoms with E-state index < -0.39 is 5.97 Å². The molecule has 0 fully saturated rings. The van der Waals surface area contributed by atoms with Crippen LogP contribution >= 0.6 is 11.6 Å². The maximum atomic E-state index is 12.1. The van der Waals surface area contributed by atoms with Crippen molar-refractivity contribution >= 4 is 34.2 Å². The van der Waals surface area contributed by atoms with Gasteiger partial charge in [0.25, 0.3) is 5.56 Å². The molecule has 0 aliphatic heterocycles. The Bertz CT molecular complexity index is 1180. The Kier molecular flexibility index (Phi) is 4.14. The van der Waals surface area contributed by atoms with Gasteiger partial charge in [-0.25, -0.2) is 4.98 Å². The molecule has 3 aromatic heterocycles. The van der Waals surface area contributed by atoms with Crippen LogP contribution in [-0.2, 0) is 22.6 Å². The number of halogens is 1. The minimum absolute atomic E-state index is 0.0286. The van der Waals surface area contributed by atoms with Crippen molar-refractivity contribution in [2.24, 2.45) is 0 Å². The summed E-state index contributed by atoms with van der Waals surface area (Å²) in [6.07, 6.45) is 1.46. The first-order valence-electron chi connectivity index (χ1n) is 7.77. The highest BCUT2D eigenvalue weighted by Gasteiger charge is 2.14. The maximum absolute atomic E-state index is 12.1. The number of carbonyl (C=O) groups excluding carboxylic acids is 1. The quantitative estimate of drug-likeness (QED) is 0.514. The molecule has 0 atom stereocenters. The average Bonchev–Trinajstić information content (AvgIpc) is 3.04. The van der Waals surface area contributed by atoms with Crippen molar-refractivity contribution in [3.8, 4) is 0 Å². The molecule has 0 bridgehead atoms. The summed E-state index contributed by atoms with van der Waals surface area (Å²) in [4.78, 5) is 28.5. The first-order chi connectivity index (χ1) is 12.6. The lowest BCUT2D eigenvalue weighted by Crippen LogP contribution is -2.17. The first kappa shape index (κ1) is 16.3. The number of hydrogen-bond donors (Lipinski definition) is 0. The highest BCUT2D eigenvalue weighted by Crippen LogP contribution is 2.18. The van der Waals surface area contributed by atoms with Gasteiger partial charge in [0, 0.05) is 17.6 Å². The Morgan fingerprint density at radius 2 is 2.08 bits per heavy atom. The number of hydrogen-bond acceptors (Lipinski definition) is 6. The monoisotopic (exact) mass is 369 g/mol. The molecular formula is C18H12ClN3O4. The van der Waals surface area contributed by atoms with Crippen LogP contribution in [0, 0.1) is 0 Å². The number of fused-ring (bicyclic) bond motifs is 2. The molecule has 26 heavy (non-hydrogen) atoms.